The third-order valence-corrected chi connectivity index (χ3v) is 15.9. The Balaban J connectivity index is 5.66. The lowest BCUT2D eigenvalue weighted by Crippen LogP contribution is -2.47. The highest BCUT2D eigenvalue weighted by Gasteiger charge is 2.39. The topological polar surface area (TPSA) is 3.24 Å². The van der Waals surface area contributed by atoms with Gasteiger partial charge in [0.15, 0.2) is 8.24 Å². The first kappa shape index (κ1) is 16.1. The van der Waals surface area contributed by atoms with Crippen LogP contribution in [-0.2, 0) is 0 Å². The molecule has 96 valence electrons. The van der Waals surface area contributed by atoms with Crippen molar-refractivity contribution in [2.45, 2.75) is 13.1 Å². The first-order valence-corrected chi connectivity index (χ1v) is 13.2. The summed E-state index contributed by atoms with van der Waals surface area (Å²) >= 11 is 0. The van der Waals surface area contributed by atoms with Crippen LogP contribution in [-0.4, -0.2) is 36.6 Å². The maximum Gasteiger partial charge on any atom is 0.168 e. The molecule has 0 rings (SSSR count). The van der Waals surface area contributed by atoms with Crippen molar-refractivity contribution in [1.29, 1.82) is 0 Å². The molecule has 0 atom stereocenters. The van der Waals surface area contributed by atoms with E-state index in [1.165, 1.54) is 0 Å². The third kappa shape index (κ3) is 3.29. The van der Waals surface area contributed by atoms with Gasteiger partial charge in [-0.3, -0.25) is 0 Å². The standard InChI is InChI=1S/C12H27NS2Si/c1-10-14(4,5)13(15(6,7)11-2)16(8,9)12-3/h10-12H,1-3H2,4-9H3. The summed E-state index contributed by atoms with van der Waals surface area (Å²) in [5.74, 6) is 0. The SMILES string of the molecule is C=C[Si](C)(C)N(S(C)(C)C=C)S(C)(C)C=C. The highest BCUT2D eigenvalue weighted by Crippen LogP contribution is 2.64. The Bertz CT molecular complexity index is 248. The second-order valence-corrected chi connectivity index (χ2v) is 17.0. The van der Waals surface area contributed by atoms with Gasteiger partial charge in [0.1, 0.15) is 0 Å². The maximum absolute atomic E-state index is 4.03. The van der Waals surface area contributed by atoms with Gasteiger partial charge >= 0.3 is 0 Å². The molecule has 1 nitrogen and oxygen atoms in total. The molecule has 0 aliphatic carbocycles. The molecular weight excluding hydrogens is 250 g/mol. The Labute approximate surface area is 106 Å². The molecule has 0 heterocycles. The zero-order chi connectivity index (χ0) is 13.2. The summed E-state index contributed by atoms with van der Waals surface area (Å²) in [5, 5.41) is 4.23. The molecule has 0 N–H and O–H groups in total. The highest BCUT2D eigenvalue weighted by atomic mass is 32.3. The average molecular weight is 278 g/mol. The van der Waals surface area contributed by atoms with Gasteiger partial charge in [-0.25, -0.2) is 3.38 Å². The largest absolute Gasteiger partial charge is 0.243 e. The monoisotopic (exact) mass is 277 g/mol. The quantitative estimate of drug-likeness (QED) is 0.648. The normalized spacial score (nSPS) is 15.7. The van der Waals surface area contributed by atoms with E-state index < -0.39 is 28.7 Å². The van der Waals surface area contributed by atoms with E-state index in [0.717, 1.165) is 0 Å². The van der Waals surface area contributed by atoms with Crippen LogP contribution < -0.4 is 0 Å². The lowest BCUT2D eigenvalue weighted by Gasteiger charge is -2.57. The predicted molar refractivity (Wildman–Crippen MR) is 88.8 cm³/mol. The Morgan fingerprint density at radius 3 is 1.38 bits per heavy atom. The van der Waals surface area contributed by atoms with Crippen molar-refractivity contribution in [1.82, 2.24) is 3.38 Å². The van der Waals surface area contributed by atoms with E-state index in [9.17, 15) is 0 Å². The third-order valence-electron chi connectivity index (χ3n) is 2.64. The predicted octanol–water partition coefficient (Wildman–Crippen LogP) is 4.46. The summed E-state index contributed by atoms with van der Waals surface area (Å²) in [4.78, 5) is 0. The van der Waals surface area contributed by atoms with Crippen molar-refractivity contribution < 1.29 is 0 Å². The van der Waals surface area contributed by atoms with E-state index >= 15 is 0 Å². The second kappa shape index (κ2) is 5.17. The molecule has 0 aromatic carbocycles. The molecule has 0 amide bonds. The van der Waals surface area contributed by atoms with Crippen LogP contribution in [0.5, 0.6) is 0 Å². The fourth-order valence-electron chi connectivity index (χ4n) is 1.92. The summed E-state index contributed by atoms with van der Waals surface area (Å²) in [6, 6.07) is 0. The summed E-state index contributed by atoms with van der Waals surface area (Å²) < 4.78 is 2.68. The molecule has 0 unspecified atom stereocenters. The number of nitrogens with zero attached hydrogens (tertiary/aromatic N) is 1. The van der Waals surface area contributed by atoms with Gasteiger partial charge in [0.2, 0.25) is 0 Å². The minimum absolute atomic E-state index is 0.946. The van der Waals surface area contributed by atoms with E-state index in [1.54, 1.807) is 0 Å². The molecule has 0 aliphatic rings. The van der Waals surface area contributed by atoms with E-state index in [4.69, 9.17) is 0 Å². The summed E-state index contributed by atoms with van der Waals surface area (Å²) in [6.45, 7) is 16.7. The molecule has 0 saturated carbocycles. The summed E-state index contributed by atoms with van der Waals surface area (Å²) in [6.07, 6.45) is 9.21. The Morgan fingerprint density at radius 2 is 1.19 bits per heavy atom. The minimum Gasteiger partial charge on any atom is -0.243 e. The van der Waals surface area contributed by atoms with Crippen LogP contribution in [0.3, 0.4) is 0 Å². The van der Waals surface area contributed by atoms with Gasteiger partial charge in [-0.15, -0.1) is 6.58 Å². The maximum atomic E-state index is 4.03. The Kier molecular flexibility index (Phi) is 5.20. The van der Waals surface area contributed by atoms with Gasteiger partial charge in [0, 0.05) is 0 Å². The van der Waals surface area contributed by atoms with E-state index in [2.05, 4.69) is 77.7 Å². The van der Waals surface area contributed by atoms with Crippen molar-refractivity contribution in [3.63, 3.8) is 0 Å². The Hall–Kier alpha value is 0.0969. The van der Waals surface area contributed by atoms with Crippen molar-refractivity contribution in [2.24, 2.45) is 0 Å². The molecule has 0 fully saturated rings. The smallest absolute Gasteiger partial charge is 0.168 e. The van der Waals surface area contributed by atoms with Crippen molar-refractivity contribution in [3.8, 4) is 0 Å². The van der Waals surface area contributed by atoms with Gasteiger partial charge in [-0.05, 0) is 35.8 Å². The van der Waals surface area contributed by atoms with E-state index in [0.29, 0.717) is 0 Å². The van der Waals surface area contributed by atoms with E-state index in [-0.39, 0.29) is 0 Å². The lowest BCUT2D eigenvalue weighted by molar-refractivity contribution is 1.09. The summed E-state index contributed by atoms with van der Waals surface area (Å²) in [5.41, 5.74) is 2.16. The first-order valence-electron chi connectivity index (χ1n) is 5.21. The van der Waals surface area contributed by atoms with Crippen LogP contribution in [0.25, 0.3) is 0 Å². The Morgan fingerprint density at radius 1 is 0.875 bits per heavy atom. The van der Waals surface area contributed by atoms with Crippen molar-refractivity contribution >= 4 is 28.7 Å². The molecule has 0 aliphatic heterocycles. The molecule has 0 spiro atoms. The van der Waals surface area contributed by atoms with Gasteiger partial charge in [-0.1, -0.05) is 32.0 Å². The zero-order valence-electron chi connectivity index (χ0n) is 11.6. The number of rotatable bonds is 6. The molecule has 0 aromatic rings. The average Bonchev–Trinajstić information content (AvgIpc) is 2.16. The van der Waals surface area contributed by atoms with Crippen molar-refractivity contribution in [3.05, 3.63) is 36.3 Å². The van der Waals surface area contributed by atoms with Gasteiger partial charge in [0.05, 0.1) is 0 Å². The summed E-state index contributed by atoms with van der Waals surface area (Å²) in [7, 11) is -3.48. The highest BCUT2D eigenvalue weighted by molar-refractivity contribution is 8.47. The van der Waals surface area contributed by atoms with Gasteiger partial charge in [0.25, 0.3) is 0 Å². The molecule has 0 aromatic heterocycles. The fourth-order valence-corrected chi connectivity index (χ4v) is 17.3. The molecule has 16 heavy (non-hydrogen) atoms. The first-order chi connectivity index (χ1) is 7.05. The van der Waals surface area contributed by atoms with Crippen molar-refractivity contribution in [2.75, 3.05) is 25.0 Å². The lowest BCUT2D eigenvalue weighted by atomic mass is 11.3. The number of hydrogen-bond donors (Lipinski definition) is 0. The molecule has 0 saturated heterocycles. The second-order valence-electron chi connectivity index (χ2n) is 5.15. The van der Waals surface area contributed by atoms with Crippen LogP contribution in [0.1, 0.15) is 0 Å². The molecule has 4 heteroatoms. The van der Waals surface area contributed by atoms with Crippen LogP contribution in [0.15, 0.2) is 36.3 Å². The van der Waals surface area contributed by atoms with Gasteiger partial charge < -0.3 is 0 Å². The zero-order valence-corrected chi connectivity index (χ0v) is 14.3. The van der Waals surface area contributed by atoms with Crippen LogP contribution in [0.4, 0.5) is 0 Å². The van der Waals surface area contributed by atoms with Crippen LogP contribution in [0.2, 0.25) is 13.1 Å². The van der Waals surface area contributed by atoms with Crippen LogP contribution in [0, 0.1) is 0 Å². The van der Waals surface area contributed by atoms with Crippen LogP contribution >= 0.6 is 20.4 Å². The molecular formula is C12H27NS2Si. The molecule has 0 radical (unpaired) electrons. The van der Waals surface area contributed by atoms with Gasteiger partial charge in [-0.2, -0.15) is 20.4 Å². The fraction of sp³-hybridized carbons (Fsp3) is 0.500. The number of hydrogen-bond acceptors (Lipinski definition) is 1. The minimum atomic E-state index is -1.59. The van der Waals surface area contributed by atoms with E-state index in [1.807, 2.05) is 0 Å². The molecule has 0 bridgehead atoms.